The summed E-state index contributed by atoms with van der Waals surface area (Å²) in [6, 6.07) is 8.03. The molecule has 78 valence electrons. The van der Waals surface area contributed by atoms with E-state index < -0.39 is 0 Å². The third-order valence-electron chi connectivity index (χ3n) is 2.32. The van der Waals surface area contributed by atoms with Crippen LogP contribution in [0.3, 0.4) is 0 Å². The number of benzene rings is 1. The van der Waals surface area contributed by atoms with Gasteiger partial charge < -0.3 is 10.2 Å². The first-order valence-corrected chi connectivity index (χ1v) is 5.02. The predicted octanol–water partition coefficient (Wildman–Crippen LogP) is 2.15. The van der Waals surface area contributed by atoms with Crippen LogP contribution in [0, 0.1) is 6.92 Å². The Balaban J connectivity index is 2.33. The van der Waals surface area contributed by atoms with Crippen LogP contribution in [0.2, 0.25) is 0 Å². The number of aryl methyl sites for hydroxylation is 1. The predicted molar refractivity (Wildman–Crippen MR) is 59.4 cm³/mol. The van der Waals surface area contributed by atoms with Gasteiger partial charge in [0.25, 0.3) is 0 Å². The van der Waals surface area contributed by atoms with Gasteiger partial charge in [-0.05, 0) is 25.1 Å². The molecule has 1 heterocycles. The van der Waals surface area contributed by atoms with Crippen molar-refractivity contribution < 1.29 is 4.42 Å². The van der Waals surface area contributed by atoms with Gasteiger partial charge >= 0.3 is 0 Å². The van der Waals surface area contributed by atoms with Gasteiger partial charge in [0, 0.05) is 12.0 Å². The molecular formula is C12H14N2O. The summed E-state index contributed by atoms with van der Waals surface area (Å²) in [6.45, 7) is 2.63. The second-order valence-corrected chi connectivity index (χ2v) is 3.49. The van der Waals surface area contributed by atoms with Gasteiger partial charge in [-0.1, -0.05) is 18.2 Å². The van der Waals surface area contributed by atoms with Crippen molar-refractivity contribution in [2.24, 2.45) is 5.73 Å². The molecule has 3 nitrogen and oxygen atoms in total. The highest BCUT2D eigenvalue weighted by atomic mass is 16.4. The maximum atomic E-state index is 5.60. The summed E-state index contributed by atoms with van der Waals surface area (Å²) in [7, 11) is 0. The quantitative estimate of drug-likeness (QED) is 0.829. The van der Waals surface area contributed by atoms with E-state index in [0.717, 1.165) is 17.7 Å². The highest BCUT2D eigenvalue weighted by Crippen LogP contribution is 2.22. The molecule has 0 aliphatic rings. The van der Waals surface area contributed by atoms with E-state index in [0.29, 0.717) is 12.4 Å². The van der Waals surface area contributed by atoms with Crippen LogP contribution in [-0.4, -0.2) is 11.5 Å². The molecule has 2 aromatic rings. The molecule has 1 aromatic heterocycles. The van der Waals surface area contributed by atoms with E-state index in [1.165, 1.54) is 5.56 Å². The monoisotopic (exact) mass is 202 g/mol. The average Bonchev–Trinajstić information content (AvgIpc) is 2.68. The van der Waals surface area contributed by atoms with Gasteiger partial charge in [-0.3, -0.25) is 0 Å². The zero-order valence-electron chi connectivity index (χ0n) is 8.73. The van der Waals surface area contributed by atoms with Crippen LogP contribution in [0.25, 0.3) is 11.5 Å². The molecule has 0 spiro atoms. The third kappa shape index (κ3) is 2.07. The SMILES string of the molecule is Cc1ccccc1-c1ncc(CCN)o1. The van der Waals surface area contributed by atoms with Gasteiger partial charge in [-0.15, -0.1) is 0 Å². The molecule has 0 saturated carbocycles. The second-order valence-electron chi connectivity index (χ2n) is 3.49. The lowest BCUT2D eigenvalue weighted by Crippen LogP contribution is -2.01. The van der Waals surface area contributed by atoms with Gasteiger partial charge in [0.15, 0.2) is 0 Å². The molecule has 0 aliphatic carbocycles. The fourth-order valence-corrected chi connectivity index (χ4v) is 1.50. The van der Waals surface area contributed by atoms with Gasteiger partial charge in [-0.25, -0.2) is 4.98 Å². The Labute approximate surface area is 88.9 Å². The average molecular weight is 202 g/mol. The Morgan fingerprint density at radius 1 is 1.33 bits per heavy atom. The Morgan fingerprint density at radius 3 is 2.87 bits per heavy atom. The molecule has 3 heteroatoms. The zero-order chi connectivity index (χ0) is 10.7. The van der Waals surface area contributed by atoms with Crippen molar-refractivity contribution in [3.8, 4) is 11.5 Å². The van der Waals surface area contributed by atoms with E-state index in [-0.39, 0.29) is 0 Å². The van der Waals surface area contributed by atoms with E-state index in [2.05, 4.69) is 4.98 Å². The van der Waals surface area contributed by atoms with Gasteiger partial charge in [0.1, 0.15) is 5.76 Å². The van der Waals surface area contributed by atoms with Crippen molar-refractivity contribution in [3.05, 3.63) is 41.8 Å². The molecule has 2 rings (SSSR count). The Bertz CT molecular complexity index is 448. The highest BCUT2D eigenvalue weighted by molar-refractivity contribution is 5.57. The summed E-state index contributed by atoms with van der Waals surface area (Å²) in [5.74, 6) is 1.52. The number of nitrogens with zero attached hydrogens (tertiary/aromatic N) is 1. The number of aromatic nitrogens is 1. The van der Waals surface area contributed by atoms with Crippen LogP contribution in [0.15, 0.2) is 34.9 Å². The first kappa shape index (κ1) is 9.93. The van der Waals surface area contributed by atoms with E-state index >= 15 is 0 Å². The maximum Gasteiger partial charge on any atom is 0.226 e. The summed E-state index contributed by atoms with van der Waals surface area (Å²) in [4.78, 5) is 4.24. The molecule has 0 atom stereocenters. The minimum atomic E-state index is 0.586. The molecule has 0 fully saturated rings. The first-order valence-electron chi connectivity index (χ1n) is 5.02. The van der Waals surface area contributed by atoms with Crippen molar-refractivity contribution in [2.75, 3.05) is 6.54 Å². The zero-order valence-corrected chi connectivity index (χ0v) is 8.73. The Hall–Kier alpha value is -1.61. The summed E-state index contributed by atoms with van der Waals surface area (Å²) in [5.41, 5.74) is 7.66. The summed E-state index contributed by atoms with van der Waals surface area (Å²) in [5, 5.41) is 0. The molecule has 0 aliphatic heterocycles. The Morgan fingerprint density at radius 2 is 2.13 bits per heavy atom. The number of hydrogen-bond acceptors (Lipinski definition) is 3. The maximum absolute atomic E-state index is 5.60. The van der Waals surface area contributed by atoms with E-state index in [9.17, 15) is 0 Å². The van der Waals surface area contributed by atoms with E-state index in [1.54, 1.807) is 6.20 Å². The van der Waals surface area contributed by atoms with Crippen molar-refractivity contribution in [2.45, 2.75) is 13.3 Å². The summed E-state index contributed by atoms with van der Waals surface area (Å²) >= 11 is 0. The fourth-order valence-electron chi connectivity index (χ4n) is 1.50. The number of rotatable bonds is 3. The van der Waals surface area contributed by atoms with Crippen LogP contribution in [0.4, 0.5) is 0 Å². The molecule has 0 bridgehead atoms. The smallest absolute Gasteiger partial charge is 0.226 e. The standard InChI is InChI=1S/C12H14N2O/c1-9-4-2-3-5-11(9)12-14-8-10(15-12)6-7-13/h2-5,8H,6-7,13H2,1H3. The molecule has 0 unspecified atom stereocenters. The van der Waals surface area contributed by atoms with Crippen molar-refractivity contribution in [1.29, 1.82) is 0 Å². The minimum absolute atomic E-state index is 0.586. The Kier molecular flexibility index (Phi) is 2.83. The molecule has 2 N–H and O–H groups in total. The van der Waals surface area contributed by atoms with Crippen LogP contribution in [-0.2, 0) is 6.42 Å². The van der Waals surface area contributed by atoms with Crippen molar-refractivity contribution in [3.63, 3.8) is 0 Å². The molecular weight excluding hydrogens is 188 g/mol. The summed E-state index contributed by atoms with van der Waals surface area (Å²) in [6.07, 6.45) is 2.48. The summed E-state index contributed by atoms with van der Waals surface area (Å²) < 4.78 is 5.60. The lowest BCUT2D eigenvalue weighted by atomic mass is 10.1. The van der Waals surface area contributed by atoms with Crippen LogP contribution >= 0.6 is 0 Å². The molecule has 0 saturated heterocycles. The third-order valence-corrected chi connectivity index (χ3v) is 2.32. The van der Waals surface area contributed by atoms with Crippen LogP contribution in [0.1, 0.15) is 11.3 Å². The fraction of sp³-hybridized carbons (Fsp3) is 0.250. The van der Waals surface area contributed by atoms with Gasteiger partial charge in [0.05, 0.1) is 6.20 Å². The molecule has 15 heavy (non-hydrogen) atoms. The van der Waals surface area contributed by atoms with E-state index in [4.69, 9.17) is 10.2 Å². The second kappa shape index (κ2) is 4.28. The van der Waals surface area contributed by atoms with Gasteiger partial charge in [0.2, 0.25) is 5.89 Å². The lowest BCUT2D eigenvalue weighted by Gasteiger charge is -1.99. The number of hydrogen-bond donors (Lipinski definition) is 1. The van der Waals surface area contributed by atoms with Crippen molar-refractivity contribution in [1.82, 2.24) is 4.98 Å². The highest BCUT2D eigenvalue weighted by Gasteiger charge is 2.07. The first-order chi connectivity index (χ1) is 7.31. The number of oxazole rings is 1. The largest absolute Gasteiger partial charge is 0.441 e. The van der Waals surface area contributed by atoms with Crippen molar-refractivity contribution >= 4 is 0 Å². The van der Waals surface area contributed by atoms with Crippen LogP contribution in [0.5, 0.6) is 0 Å². The minimum Gasteiger partial charge on any atom is -0.441 e. The molecule has 0 amide bonds. The lowest BCUT2D eigenvalue weighted by molar-refractivity contribution is 0.519. The normalized spacial score (nSPS) is 10.5. The number of nitrogens with two attached hydrogens (primary N) is 1. The molecule has 1 aromatic carbocycles. The van der Waals surface area contributed by atoms with Crippen LogP contribution < -0.4 is 5.73 Å². The topological polar surface area (TPSA) is 52.0 Å². The molecule has 0 radical (unpaired) electrons. The van der Waals surface area contributed by atoms with Gasteiger partial charge in [-0.2, -0.15) is 0 Å². The van der Waals surface area contributed by atoms with E-state index in [1.807, 2.05) is 31.2 Å².